The second kappa shape index (κ2) is 3.80. The van der Waals surface area contributed by atoms with E-state index >= 15 is 0 Å². The summed E-state index contributed by atoms with van der Waals surface area (Å²) in [6, 6.07) is 3.98. The van der Waals surface area contributed by atoms with Crippen molar-refractivity contribution in [3.8, 4) is 0 Å². The Bertz CT molecular complexity index is 518. The van der Waals surface area contributed by atoms with Crippen LogP contribution in [0.5, 0.6) is 0 Å². The molecule has 3 nitrogen and oxygen atoms in total. The number of carboxylic acid groups (broad SMARTS) is 1. The molecular formula is C11H11NO2Se. The summed E-state index contributed by atoms with van der Waals surface area (Å²) in [6.45, 7) is 3.66. The van der Waals surface area contributed by atoms with E-state index in [4.69, 9.17) is 5.11 Å². The number of aliphatic carboxylic acids is 1. The Morgan fingerprint density at radius 3 is 2.93 bits per heavy atom. The van der Waals surface area contributed by atoms with Gasteiger partial charge in [0.2, 0.25) is 0 Å². The molecule has 2 aromatic rings. The minimum absolute atomic E-state index is 0.274. The van der Waals surface area contributed by atoms with E-state index in [9.17, 15) is 4.79 Å². The fourth-order valence-corrected chi connectivity index (χ4v) is 3.11. The zero-order chi connectivity index (χ0) is 11.0. The molecule has 0 aliphatic heterocycles. The van der Waals surface area contributed by atoms with Crippen molar-refractivity contribution in [1.82, 2.24) is 4.98 Å². The van der Waals surface area contributed by atoms with Crippen LogP contribution in [-0.4, -0.2) is 30.6 Å². The first-order valence-corrected chi connectivity index (χ1v) is 6.50. The van der Waals surface area contributed by atoms with Gasteiger partial charge < -0.3 is 0 Å². The van der Waals surface area contributed by atoms with Crippen LogP contribution in [0.1, 0.15) is 24.0 Å². The molecule has 0 aliphatic carbocycles. The van der Waals surface area contributed by atoms with Crippen molar-refractivity contribution >= 4 is 30.2 Å². The topological polar surface area (TPSA) is 50.2 Å². The van der Waals surface area contributed by atoms with Gasteiger partial charge in [0.25, 0.3) is 0 Å². The molecule has 0 saturated heterocycles. The number of aromatic nitrogens is 1. The van der Waals surface area contributed by atoms with Crippen LogP contribution in [0.3, 0.4) is 0 Å². The molecule has 1 heterocycles. The fourth-order valence-electron chi connectivity index (χ4n) is 1.62. The van der Waals surface area contributed by atoms with E-state index in [-0.39, 0.29) is 14.5 Å². The second-order valence-electron chi connectivity index (χ2n) is 3.59. The predicted molar refractivity (Wildman–Crippen MR) is 59.5 cm³/mol. The Balaban J connectivity index is 2.59. The van der Waals surface area contributed by atoms with Crippen LogP contribution >= 0.6 is 0 Å². The molecule has 1 N–H and O–H groups in total. The molecule has 0 radical (unpaired) electrons. The van der Waals surface area contributed by atoms with Gasteiger partial charge in [-0.1, -0.05) is 0 Å². The Kier molecular flexibility index (Phi) is 2.63. The summed E-state index contributed by atoms with van der Waals surface area (Å²) in [4.78, 5) is 15.2. The molecule has 0 amide bonds. The average molecular weight is 268 g/mol. The number of aryl methyl sites for hydroxylation is 1. The molecule has 1 atom stereocenters. The number of rotatable bonds is 2. The summed E-state index contributed by atoms with van der Waals surface area (Å²) in [7, 11) is 0. The number of carbonyl (C=O) groups is 1. The molecule has 2 rings (SSSR count). The number of fused-ring (bicyclic) bond motifs is 1. The van der Waals surface area contributed by atoms with Crippen molar-refractivity contribution in [2.45, 2.75) is 19.8 Å². The fraction of sp³-hybridized carbons (Fsp3) is 0.273. The van der Waals surface area contributed by atoms with Gasteiger partial charge >= 0.3 is 93.2 Å². The predicted octanol–water partition coefficient (Wildman–Crippen LogP) is 1.79. The monoisotopic (exact) mass is 269 g/mol. The third-order valence-electron chi connectivity index (χ3n) is 2.56. The Hall–Kier alpha value is -1.12. The van der Waals surface area contributed by atoms with Crippen LogP contribution in [0, 0.1) is 6.92 Å². The van der Waals surface area contributed by atoms with Crippen LogP contribution in [-0.2, 0) is 4.79 Å². The van der Waals surface area contributed by atoms with Gasteiger partial charge in [0, 0.05) is 0 Å². The maximum absolute atomic E-state index is 10.9. The number of hydrogen-bond acceptors (Lipinski definition) is 2. The van der Waals surface area contributed by atoms with Gasteiger partial charge in [-0.05, 0) is 0 Å². The minimum atomic E-state index is -0.774. The number of hydrogen-bond donors (Lipinski definition) is 1. The molecule has 0 bridgehead atoms. The summed E-state index contributed by atoms with van der Waals surface area (Å²) >= 11 is 0.274. The van der Waals surface area contributed by atoms with Crippen LogP contribution in [0.2, 0.25) is 0 Å². The zero-order valence-electron chi connectivity index (χ0n) is 8.52. The number of benzene rings is 1. The Morgan fingerprint density at radius 2 is 2.27 bits per heavy atom. The summed E-state index contributed by atoms with van der Waals surface area (Å²) < 4.78 is 1.19. The van der Waals surface area contributed by atoms with Crippen LogP contribution in [0.15, 0.2) is 17.2 Å². The third kappa shape index (κ3) is 1.83. The quantitative estimate of drug-likeness (QED) is 0.845. The molecule has 1 unspecified atom stereocenters. The summed E-state index contributed by atoms with van der Waals surface area (Å²) in [5, 5.41) is 10.9. The van der Waals surface area contributed by atoms with Gasteiger partial charge in [0.1, 0.15) is 0 Å². The molecule has 0 saturated carbocycles. The van der Waals surface area contributed by atoms with Gasteiger partial charge in [-0.25, -0.2) is 0 Å². The van der Waals surface area contributed by atoms with Crippen molar-refractivity contribution in [3.63, 3.8) is 0 Å². The van der Waals surface area contributed by atoms with E-state index in [0.717, 1.165) is 16.6 Å². The molecular weight excluding hydrogens is 257 g/mol. The number of carboxylic acids is 1. The van der Waals surface area contributed by atoms with Crippen molar-refractivity contribution < 1.29 is 9.90 Å². The van der Waals surface area contributed by atoms with E-state index in [1.165, 1.54) is 4.26 Å². The SMILES string of the molecule is Cc1cc2nc[se]c2cc1C(C)C(=O)O. The van der Waals surface area contributed by atoms with E-state index in [0.29, 0.717) is 0 Å². The van der Waals surface area contributed by atoms with E-state index in [2.05, 4.69) is 4.98 Å². The first kappa shape index (κ1) is 10.4. The van der Waals surface area contributed by atoms with Gasteiger partial charge in [0.05, 0.1) is 0 Å². The summed E-state index contributed by atoms with van der Waals surface area (Å²) in [5.74, 6) is -1.21. The number of nitrogens with zero attached hydrogens (tertiary/aromatic N) is 1. The van der Waals surface area contributed by atoms with E-state index in [1.54, 1.807) is 6.92 Å². The molecule has 1 aromatic heterocycles. The van der Waals surface area contributed by atoms with Crippen molar-refractivity contribution in [2.75, 3.05) is 0 Å². The first-order chi connectivity index (χ1) is 7.09. The Morgan fingerprint density at radius 1 is 1.53 bits per heavy atom. The second-order valence-corrected chi connectivity index (χ2v) is 5.45. The van der Waals surface area contributed by atoms with Gasteiger partial charge in [-0.2, -0.15) is 0 Å². The van der Waals surface area contributed by atoms with Gasteiger partial charge in [-0.15, -0.1) is 0 Å². The Labute approximate surface area is 93.5 Å². The summed E-state index contributed by atoms with van der Waals surface area (Å²) in [6.07, 6.45) is 0. The van der Waals surface area contributed by atoms with Gasteiger partial charge in [0.15, 0.2) is 0 Å². The normalized spacial score (nSPS) is 12.9. The molecule has 15 heavy (non-hydrogen) atoms. The standard InChI is InChI=1S/C11H11NO2Se/c1-6-3-9-10(15-5-12-9)4-8(6)7(2)11(13)14/h3-5,7H,1-2H3,(H,13,14). The third-order valence-corrected chi connectivity index (χ3v) is 4.22. The first-order valence-electron chi connectivity index (χ1n) is 4.66. The van der Waals surface area contributed by atoms with Crippen molar-refractivity contribution in [1.29, 1.82) is 0 Å². The van der Waals surface area contributed by atoms with Crippen LogP contribution < -0.4 is 0 Å². The van der Waals surface area contributed by atoms with E-state index < -0.39 is 11.9 Å². The van der Waals surface area contributed by atoms with Crippen LogP contribution in [0.25, 0.3) is 9.78 Å². The molecule has 1 aromatic carbocycles. The van der Waals surface area contributed by atoms with E-state index in [1.807, 2.05) is 24.1 Å². The van der Waals surface area contributed by atoms with Crippen LogP contribution in [0.4, 0.5) is 0 Å². The van der Waals surface area contributed by atoms with Gasteiger partial charge in [-0.3, -0.25) is 0 Å². The molecule has 0 fully saturated rings. The van der Waals surface area contributed by atoms with Crippen molar-refractivity contribution in [3.05, 3.63) is 28.3 Å². The van der Waals surface area contributed by atoms with Crippen molar-refractivity contribution in [2.24, 2.45) is 0 Å². The average Bonchev–Trinajstić information content (AvgIpc) is 2.62. The maximum atomic E-state index is 10.9. The molecule has 0 aliphatic rings. The molecule has 4 heteroatoms. The zero-order valence-corrected chi connectivity index (χ0v) is 10.2. The molecule has 0 spiro atoms. The molecule has 78 valence electrons. The summed E-state index contributed by atoms with van der Waals surface area (Å²) in [5.41, 5.74) is 2.93.